The zero-order valence-corrected chi connectivity index (χ0v) is 16.0. The Morgan fingerprint density at radius 1 is 1.28 bits per heavy atom. The number of carbonyl (C=O) groups excluding carboxylic acids is 1. The molecule has 0 aliphatic rings. The second kappa shape index (κ2) is 7.79. The average Bonchev–Trinajstić information content (AvgIpc) is 2.89. The molecule has 0 aliphatic heterocycles. The normalized spacial score (nSPS) is 11.4. The lowest BCUT2D eigenvalue weighted by molar-refractivity contribution is -0.118. The highest BCUT2D eigenvalue weighted by molar-refractivity contribution is 7.92. The molecule has 8 nitrogen and oxygen atoms in total. The Labute approximate surface area is 150 Å². The van der Waals surface area contributed by atoms with Gasteiger partial charge in [0.1, 0.15) is 5.75 Å². The summed E-state index contributed by atoms with van der Waals surface area (Å²) in [4.78, 5) is 11.9. The Hall–Kier alpha value is -2.20. The van der Waals surface area contributed by atoms with Crippen molar-refractivity contribution in [2.45, 2.75) is 26.7 Å². The molecule has 0 radical (unpaired) electrons. The molecule has 2 aromatic rings. The number of hydrogen-bond donors (Lipinski definition) is 2. The average molecular weight is 384 g/mol. The third kappa shape index (κ3) is 5.98. The second-order valence-electron chi connectivity index (χ2n) is 5.80. The van der Waals surface area contributed by atoms with Gasteiger partial charge in [-0.2, -0.15) is 0 Å². The van der Waals surface area contributed by atoms with Crippen LogP contribution in [-0.2, 0) is 14.8 Å². The van der Waals surface area contributed by atoms with Crippen LogP contribution in [0.5, 0.6) is 5.75 Å². The molecule has 0 fully saturated rings. The van der Waals surface area contributed by atoms with Crippen LogP contribution < -0.4 is 14.8 Å². The number of benzene rings is 1. The van der Waals surface area contributed by atoms with E-state index in [1.165, 1.54) is 5.56 Å². The Balaban J connectivity index is 1.90. The molecule has 0 atom stereocenters. The van der Waals surface area contributed by atoms with E-state index in [4.69, 9.17) is 4.74 Å². The number of aromatic nitrogens is 2. The van der Waals surface area contributed by atoms with E-state index in [9.17, 15) is 13.2 Å². The van der Waals surface area contributed by atoms with Crippen LogP contribution in [-0.4, -0.2) is 37.4 Å². The van der Waals surface area contributed by atoms with Gasteiger partial charge in [-0.05, 0) is 36.1 Å². The predicted molar refractivity (Wildman–Crippen MR) is 97.8 cm³/mol. The molecule has 0 aliphatic carbocycles. The fraction of sp³-hybridized carbons (Fsp3) is 0.400. The molecule has 1 aromatic carbocycles. The number of carbonyl (C=O) groups is 1. The highest BCUT2D eigenvalue weighted by Crippen LogP contribution is 2.24. The summed E-state index contributed by atoms with van der Waals surface area (Å²) in [5.74, 6) is 0.617. The molecule has 1 amide bonds. The van der Waals surface area contributed by atoms with Gasteiger partial charge in [0.2, 0.25) is 20.3 Å². The van der Waals surface area contributed by atoms with E-state index < -0.39 is 15.9 Å². The summed E-state index contributed by atoms with van der Waals surface area (Å²) in [6.07, 6.45) is 1.01. The Morgan fingerprint density at radius 3 is 2.56 bits per heavy atom. The molecular weight excluding hydrogens is 364 g/mol. The van der Waals surface area contributed by atoms with E-state index in [0.717, 1.165) is 23.2 Å². The summed E-state index contributed by atoms with van der Waals surface area (Å²) < 4.78 is 29.9. The maximum Gasteiger partial charge on any atom is 0.264 e. The lowest BCUT2D eigenvalue weighted by Crippen LogP contribution is -2.20. The summed E-state index contributed by atoms with van der Waals surface area (Å²) in [5, 5.41) is 10.1. The van der Waals surface area contributed by atoms with Crippen molar-refractivity contribution in [3.05, 3.63) is 29.3 Å². The van der Waals surface area contributed by atoms with Gasteiger partial charge in [0, 0.05) is 0 Å². The number of nitrogens with one attached hydrogen (secondary N) is 2. The van der Waals surface area contributed by atoms with Crippen LogP contribution in [0.4, 0.5) is 10.3 Å². The van der Waals surface area contributed by atoms with Gasteiger partial charge in [0.15, 0.2) is 6.61 Å². The maximum absolute atomic E-state index is 11.9. The third-order valence-corrected chi connectivity index (χ3v) is 4.62. The predicted octanol–water partition coefficient (Wildman–Crippen LogP) is 2.36. The topological polar surface area (TPSA) is 110 Å². The Morgan fingerprint density at radius 2 is 1.96 bits per heavy atom. The van der Waals surface area contributed by atoms with Crippen molar-refractivity contribution in [1.82, 2.24) is 10.2 Å². The van der Waals surface area contributed by atoms with Gasteiger partial charge >= 0.3 is 0 Å². The fourth-order valence-corrected chi connectivity index (χ4v) is 3.65. The molecule has 0 saturated carbocycles. The summed E-state index contributed by atoms with van der Waals surface area (Å²) in [6, 6.07) is 5.71. The Bertz CT molecular complexity index is 862. The van der Waals surface area contributed by atoms with Gasteiger partial charge < -0.3 is 4.74 Å². The third-order valence-electron chi connectivity index (χ3n) is 3.18. The van der Waals surface area contributed by atoms with Crippen molar-refractivity contribution in [1.29, 1.82) is 0 Å². The standard InChI is InChI=1S/C15H20N4O4S2/c1-9(2)12-6-5-11(7-10(12)3)23-8-13(20)16-14-17-18-15(24-14)19-25(4,21)22/h5-7,9H,8H2,1-4H3,(H,18,19)(H,16,17,20). The first-order valence-electron chi connectivity index (χ1n) is 7.48. The summed E-state index contributed by atoms with van der Waals surface area (Å²) in [7, 11) is -3.43. The number of aryl methyl sites for hydroxylation is 1. The molecule has 1 heterocycles. The van der Waals surface area contributed by atoms with E-state index in [-0.39, 0.29) is 16.9 Å². The van der Waals surface area contributed by atoms with E-state index in [2.05, 4.69) is 34.1 Å². The largest absolute Gasteiger partial charge is 0.484 e. The van der Waals surface area contributed by atoms with Crippen LogP contribution in [0.15, 0.2) is 18.2 Å². The summed E-state index contributed by atoms with van der Waals surface area (Å²) in [5.41, 5.74) is 2.34. The zero-order chi connectivity index (χ0) is 18.6. The first kappa shape index (κ1) is 19.1. The number of amides is 1. The maximum atomic E-state index is 11.9. The van der Waals surface area contributed by atoms with Crippen molar-refractivity contribution in [2.75, 3.05) is 22.9 Å². The van der Waals surface area contributed by atoms with Crippen LogP contribution in [0.3, 0.4) is 0 Å². The molecule has 2 N–H and O–H groups in total. The van der Waals surface area contributed by atoms with Crippen LogP contribution in [0.2, 0.25) is 0 Å². The van der Waals surface area contributed by atoms with Crippen LogP contribution in [0.25, 0.3) is 0 Å². The molecule has 136 valence electrons. The van der Waals surface area contributed by atoms with E-state index in [1.807, 2.05) is 25.1 Å². The van der Waals surface area contributed by atoms with Gasteiger partial charge in [-0.3, -0.25) is 14.8 Å². The van der Waals surface area contributed by atoms with E-state index >= 15 is 0 Å². The SMILES string of the molecule is Cc1cc(OCC(=O)Nc2nnc(NS(C)(=O)=O)s2)ccc1C(C)C. The van der Waals surface area contributed by atoms with Crippen molar-refractivity contribution >= 4 is 37.5 Å². The monoisotopic (exact) mass is 384 g/mol. The molecule has 0 bridgehead atoms. The molecule has 10 heteroatoms. The van der Waals surface area contributed by atoms with Gasteiger partial charge in [0.25, 0.3) is 5.91 Å². The van der Waals surface area contributed by atoms with Crippen LogP contribution in [0, 0.1) is 6.92 Å². The minimum atomic E-state index is -3.43. The van der Waals surface area contributed by atoms with Gasteiger partial charge in [-0.25, -0.2) is 8.42 Å². The van der Waals surface area contributed by atoms with Gasteiger partial charge in [-0.1, -0.05) is 31.3 Å². The van der Waals surface area contributed by atoms with Gasteiger partial charge in [-0.15, -0.1) is 10.2 Å². The van der Waals surface area contributed by atoms with E-state index in [0.29, 0.717) is 11.7 Å². The first-order chi connectivity index (χ1) is 11.6. The molecule has 25 heavy (non-hydrogen) atoms. The molecule has 2 rings (SSSR count). The van der Waals surface area contributed by atoms with Crippen molar-refractivity contribution in [3.63, 3.8) is 0 Å². The lowest BCUT2D eigenvalue weighted by atomic mass is 9.98. The minimum absolute atomic E-state index is 0.0821. The summed E-state index contributed by atoms with van der Waals surface area (Å²) in [6.45, 7) is 6.05. The van der Waals surface area contributed by atoms with Crippen molar-refractivity contribution in [2.24, 2.45) is 0 Å². The summed E-state index contributed by atoms with van der Waals surface area (Å²) >= 11 is 0.917. The van der Waals surface area contributed by atoms with Crippen LogP contribution >= 0.6 is 11.3 Å². The second-order valence-corrected chi connectivity index (χ2v) is 8.52. The first-order valence-corrected chi connectivity index (χ1v) is 10.2. The minimum Gasteiger partial charge on any atom is -0.484 e. The van der Waals surface area contributed by atoms with E-state index in [1.54, 1.807) is 0 Å². The van der Waals surface area contributed by atoms with Crippen molar-refractivity contribution in [3.8, 4) is 5.75 Å². The highest BCUT2D eigenvalue weighted by atomic mass is 32.2. The lowest BCUT2D eigenvalue weighted by Gasteiger charge is -2.12. The molecule has 0 unspecified atom stereocenters. The number of anilines is 2. The smallest absolute Gasteiger partial charge is 0.264 e. The van der Waals surface area contributed by atoms with Gasteiger partial charge in [0.05, 0.1) is 6.26 Å². The fourth-order valence-electron chi connectivity index (χ4n) is 2.16. The van der Waals surface area contributed by atoms with Crippen LogP contribution in [0.1, 0.15) is 30.9 Å². The highest BCUT2D eigenvalue weighted by Gasteiger charge is 2.12. The number of ether oxygens (including phenoxy) is 1. The Kier molecular flexibility index (Phi) is 5.96. The number of hydrogen-bond acceptors (Lipinski definition) is 7. The quantitative estimate of drug-likeness (QED) is 0.758. The number of sulfonamides is 1. The molecule has 0 saturated heterocycles. The molecular formula is C15H20N4O4S2. The zero-order valence-electron chi connectivity index (χ0n) is 14.4. The number of nitrogens with zero attached hydrogens (tertiary/aromatic N) is 2. The number of rotatable bonds is 7. The van der Waals surface area contributed by atoms with Crippen molar-refractivity contribution < 1.29 is 17.9 Å². The molecule has 1 aromatic heterocycles. The molecule has 0 spiro atoms.